The number of aryl methyl sites for hydroxylation is 3. The second kappa shape index (κ2) is 7.16. The maximum atomic E-state index is 12.5. The number of carbonyl (C=O) groups is 1. The maximum Gasteiger partial charge on any atom is 0.304 e. The van der Waals surface area contributed by atoms with Crippen molar-refractivity contribution in [2.45, 2.75) is 45.1 Å². The van der Waals surface area contributed by atoms with Crippen LogP contribution in [0.15, 0.2) is 15.0 Å². The number of aromatic amines is 2. The zero-order valence-corrected chi connectivity index (χ0v) is 15.6. The third kappa shape index (κ3) is 3.49. The molecule has 0 fully saturated rings. The van der Waals surface area contributed by atoms with Crippen LogP contribution < -0.4 is 15.7 Å². The Hall–Kier alpha value is -2.26. The average Bonchev–Trinajstić information content (AvgIpc) is 3.21. The van der Waals surface area contributed by atoms with E-state index in [0.29, 0.717) is 17.9 Å². The first-order valence-electron chi connectivity index (χ1n) is 8.57. The van der Waals surface area contributed by atoms with Gasteiger partial charge in [-0.2, -0.15) is 0 Å². The van der Waals surface area contributed by atoms with Crippen LogP contribution in [0.1, 0.15) is 41.2 Å². The van der Waals surface area contributed by atoms with Gasteiger partial charge in [-0.15, -0.1) is 11.3 Å². The molecule has 0 atom stereocenters. The van der Waals surface area contributed by atoms with E-state index in [1.54, 1.807) is 16.7 Å². The smallest absolute Gasteiger partial charge is 0.304 e. The topological polar surface area (TPSA) is 108 Å². The minimum Gasteiger partial charge on any atom is -0.350 e. The van der Waals surface area contributed by atoms with Crippen molar-refractivity contribution in [3.8, 4) is 0 Å². The second-order valence-corrected chi connectivity index (χ2v) is 8.28. The van der Waals surface area contributed by atoms with Gasteiger partial charge in [0.05, 0.1) is 11.9 Å². The molecule has 3 aromatic rings. The number of thiophene rings is 1. The van der Waals surface area contributed by atoms with Crippen LogP contribution in [0.4, 0.5) is 0 Å². The van der Waals surface area contributed by atoms with Crippen molar-refractivity contribution in [2.75, 3.05) is 0 Å². The Morgan fingerprint density at radius 1 is 1.23 bits per heavy atom. The van der Waals surface area contributed by atoms with Gasteiger partial charge in [-0.1, -0.05) is 11.3 Å². The van der Waals surface area contributed by atoms with Gasteiger partial charge in [-0.05, 0) is 31.2 Å². The molecule has 0 saturated heterocycles. The van der Waals surface area contributed by atoms with Crippen molar-refractivity contribution >= 4 is 38.8 Å². The lowest BCUT2D eigenvalue weighted by Gasteiger charge is -2.09. The van der Waals surface area contributed by atoms with Gasteiger partial charge in [0.2, 0.25) is 5.91 Å². The van der Waals surface area contributed by atoms with Crippen molar-refractivity contribution in [3.05, 3.63) is 47.4 Å². The summed E-state index contributed by atoms with van der Waals surface area (Å²) in [6, 6.07) is 0. The van der Waals surface area contributed by atoms with Crippen molar-refractivity contribution in [1.29, 1.82) is 0 Å². The number of hydrogen-bond donors (Lipinski definition) is 3. The van der Waals surface area contributed by atoms with Crippen LogP contribution in [0.5, 0.6) is 0 Å². The normalized spacial score (nSPS) is 13.7. The first-order valence-corrected chi connectivity index (χ1v) is 10.3. The van der Waals surface area contributed by atoms with E-state index < -0.39 is 0 Å². The summed E-state index contributed by atoms with van der Waals surface area (Å²) >= 11 is 2.68. The van der Waals surface area contributed by atoms with E-state index in [1.807, 2.05) is 0 Å². The van der Waals surface area contributed by atoms with Crippen LogP contribution in [0.2, 0.25) is 0 Å². The van der Waals surface area contributed by atoms with E-state index in [0.717, 1.165) is 40.8 Å². The van der Waals surface area contributed by atoms with Gasteiger partial charge >= 0.3 is 4.87 Å². The first kappa shape index (κ1) is 17.2. The second-order valence-electron chi connectivity index (χ2n) is 6.35. The Balaban J connectivity index is 1.43. The van der Waals surface area contributed by atoms with Crippen LogP contribution in [0, 0.1) is 0 Å². The summed E-state index contributed by atoms with van der Waals surface area (Å²) in [5, 5.41) is 5.18. The van der Waals surface area contributed by atoms with Crippen LogP contribution in [0.3, 0.4) is 0 Å². The molecular weight excluding hydrogens is 372 g/mol. The highest BCUT2D eigenvalue weighted by molar-refractivity contribution is 7.18. The molecule has 0 bridgehead atoms. The zero-order valence-electron chi connectivity index (χ0n) is 14.0. The number of rotatable bonds is 5. The number of thiazole rings is 1. The molecule has 3 heterocycles. The van der Waals surface area contributed by atoms with Crippen LogP contribution in [-0.2, 0) is 30.6 Å². The Kier molecular flexibility index (Phi) is 4.73. The summed E-state index contributed by atoms with van der Waals surface area (Å²) in [5.74, 6) is 0.394. The van der Waals surface area contributed by atoms with Gasteiger partial charge in [0, 0.05) is 28.8 Å². The molecular formula is C17H18N4O3S2. The van der Waals surface area contributed by atoms with E-state index in [9.17, 15) is 14.4 Å². The predicted octanol–water partition coefficient (Wildman–Crippen LogP) is 1.86. The fourth-order valence-electron chi connectivity index (χ4n) is 3.24. The number of aromatic nitrogens is 3. The summed E-state index contributed by atoms with van der Waals surface area (Å²) in [6.45, 7) is 0.290. The van der Waals surface area contributed by atoms with Gasteiger partial charge in [0.1, 0.15) is 10.7 Å². The number of carbonyl (C=O) groups excluding carboxylic acids is 1. The lowest BCUT2D eigenvalue weighted by Crippen LogP contribution is -2.24. The molecule has 1 amide bonds. The monoisotopic (exact) mass is 390 g/mol. The largest absolute Gasteiger partial charge is 0.350 e. The fourth-order valence-corrected chi connectivity index (χ4v) is 5.10. The van der Waals surface area contributed by atoms with E-state index in [4.69, 9.17) is 0 Å². The zero-order chi connectivity index (χ0) is 18.1. The highest BCUT2D eigenvalue weighted by Gasteiger charge is 2.19. The first-order chi connectivity index (χ1) is 12.6. The van der Waals surface area contributed by atoms with Crippen molar-refractivity contribution < 1.29 is 4.79 Å². The molecule has 0 radical (unpaired) electrons. The van der Waals surface area contributed by atoms with Crippen LogP contribution >= 0.6 is 22.7 Å². The fraction of sp³-hybridized carbons (Fsp3) is 0.412. The van der Waals surface area contributed by atoms with Crippen molar-refractivity contribution in [3.63, 3.8) is 0 Å². The van der Waals surface area contributed by atoms with Crippen molar-refractivity contribution in [2.24, 2.45) is 0 Å². The van der Waals surface area contributed by atoms with Gasteiger partial charge in [0.15, 0.2) is 0 Å². The molecule has 0 aliphatic heterocycles. The highest BCUT2D eigenvalue weighted by atomic mass is 32.1. The lowest BCUT2D eigenvalue weighted by atomic mass is 9.97. The third-order valence-electron chi connectivity index (χ3n) is 4.51. The quantitative estimate of drug-likeness (QED) is 0.618. The molecule has 26 heavy (non-hydrogen) atoms. The molecule has 0 spiro atoms. The number of nitrogens with zero attached hydrogens (tertiary/aromatic N) is 1. The lowest BCUT2D eigenvalue weighted by molar-refractivity contribution is -0.121. The number of amides is 1. The van der Waals surface area contributed by atoms with Crippen LogP contribution in [0.25, 0.3) is 10.2 Å². The summed E-state index contributed by atoms with van der Waals surface area (Å²) < 4.78 is 0. The Morgan fingerprint density at radius 3 is 2.88 bits per heavy atom. The molecule has 1 aliphatic carbocycles. The van der Waals surface area contributed by atoms with Gasteiger partial charge in [0.25, 0.3) is 5.56 Å². The number of fused-ring (bicyclic) bond motifs is 3. The number of nitrogens with one attached hydrogen (secondary N) is 3. The van der Waals surface area contributed by atoms with Gasteiger partial charge < -0.3 is 15.3 Å². The molecule has 0 unspecified atom stereocenters. The van der Waals surface area contributed by atoms with Gasteiger partial charge in [-0.3, -0.25) is 14.4 Å². The van der Waals surface area contributed by atoms with Crippen LogP contribution in [-0.4, -0.2) is 20.9 Å². The molecule has 7 nitrogen and oxygen atoms in total. The molecule has 0 aromatic carbocycles. The number of H-pyrrole nitrogens is 2. The Labute approximate surface area is 156 Å². The summed E-state index contributed by atoms with van der Waals surface area (Å²) in [4.78, 5) is 47.5. The third-order valence-corrected chi connectivity index (χ3v) is 6.41. The summed E-state index contributed by atoms with van der Waals surface area (Å²) in [6.07, 6.45) is 4.87. The van der Waals surface area contributed by atoms with E-state index >= 15 is 0 Å². The minimum atomic E-state index is -0.148. The molecule has 0 saturated carbocycles. The van der Waals surface area contributed by atoms with E-state index in [-0.39, 0.29) is 29.3 Å². The minimum absolute atomic E-state index is 0.0966. The van der Waals surface area contributed by atoms with E-state index in [1.165, 1.54) is 16.9 Å². The Morgan fingerprint density at radius 2 is 2.08 bits per heavy atom. The number of hydrogen-bond acceptors (Lipinski definition) is 6. The van der Waals surface area contributed by atoms with E-state index in [2.05, 4.69) is 20.3 Å². The molecule has 3 aromatic heterocycles. The van der Waals surface area contributed by atoms with Crippen molar-refractivity contribution in [1.82, 2.24) is 20.3 Å². The summed E-state index contributed by atoms with van der Waals surface area (Å²) in [5.41, 5.74) is 1.75. The molecule has 1 aliphatic rings. The predicted molar refractivity (Wildman–Crippen MR) is 102 cm³/mol. The Bertz CT molecular complexity index is 1080. The standard InChI is InChI=1S/C17H18N4O3S2/c22-13(18-7-9-8-25-17(24)19-9)6-5-12-20-15(23)14-10-3-1-2-4-11(10)26-16(14)21-12/h8H,1-7H2,(H,18,22)(H,19,24)(H,20,21,23). The average molecular weight is 390 g/mol. The highest BCUT2D eigenvalue weighted by Crippen LogP contribution is 2.33. The van der Waals surface area contributed by atoms with Gasteiger partial charge in [-0.25, -0.2) is 4.98 Å². The SMILES string of the molecule is O=C(CCc1nc2sc3c(c2c(=O)[nH]1)CCCC3)NCc1csc(=O)[nH]1. The molecule has 3 N–H and O–H groups in total. The molecule has 9 heteroatoms. The molecule has 136 valence electrons. The summed E-state index contributed by atoms with van der Waals surface area (Å²) in [7, 11) is 0. The molecule has 4 rings (SSSR count). The maximum absolute atomic E-state index is 12.5.